The van der Waals surface area contributed by atoms with Crippen LogP contribution in [-0.4, -0.2) is 20.4 Å². The lowest BCUT2D eigenvalue weighted by Gasteiger charge is -2.19. The zero-order valence-corrected chi connectivity index (χ0v) is 12.7. The summed E-state index contributed by atoms with van der Waals surface area (Å²) in [6.07, 6.45) is 2.90. The Balaban J connectivity index is 2.48. The molecule has 19 heavy (non-hydrogen) atoms. The van der Waals surface area contributed by atoms with E-state index < -0.39 is 10.0 Å². The van der Waals surface area contributed by atoms with Gasteiger partial charge in [-0.25, -0.2) is 8.42 Å². The van der Waals surface area contributed by atoms with Crippen LogP contribution in [0.2, 0.25) is 4.34 Å². The van der Waals surface area contributed by atoms with Gasteiger partial charge in [-0.1, -0.05) is 11.6 Å². The number of aromatic nitrogens is 1. The molecule has 2 aromatic heterocycles. The van der Waals surface area contributed by atoms with Crippen molar-refractivity contribution in [1.29, 1.82) is 0 Å². The number of aryl methyl sites for hydroxylation is 1. The number of nitrogens with zero attached hydrogens (tertiary/aromatic N) is 2. The molecular weight excluding hydrogens is 306 g/mol. The Bertz CT molecular complexity index is 693. The number of rotatable bonds is 3. The molecule has 8 heteroatoms. The summed E-state index contributed by atoms with van der Waals surface area (Å²) in [7, 11) is -2.21. The highest BCUT2D eigenvalue weighted by atomic mass is 35.5. The first-order chi connectivity index (χ1) is 8.84. The monoisotopic (exact) mass is 317 g/mol. The van der Waals surface area contributed by atoms with Crippen molar-refractivity contribution < 1.29 is 8.42 Å². The van der Waals surface area contributed by atoms with Crippen LogP contribution in [0.15, 0.2) is 28.7 Å². The molecule has 0 aliphatic heterocycles. The lowest BCUT2D eigenvalue weighted by Crippen LogP contribution is -2.26. The first-order valence-corrected chi connectivity index (χ1v) is 7.92. The Morgan fingerprint density at radius 2 is 2.16 bits per heavy atom. The first kappa shape index (κ1) is 14.1. The summed E-state index contributed by atoms with van der Waals surface area (Å²) >= 11 is 6.95. The summed E-state index contributed by atoms with van der Waals surface area (Å²) in [5.41, 5.74) is 7.16. The summed E-state index contributed by atoms with van der Waals surface area (Å²) in [6, 6.07) is 3.10. The van der Waals surface area contributed by atoms with Gasteiger partial charge in [0.15, 0.2) is 0 Å². The van der Waals surface area contributed by atoms with Gasteiger partial charge in [0.2, 0.25) is 0 Å². The number of nitrogens with two attached hydrogens (primary N) is 1. The predicted molar refractivity (Wildman–Crippen MR) is 78.3 cm³/mol. The molecule has 0 fully saturated rings. The Labute approximate surface area is 120 Å². The van der Waals surface area contributed by atoms with Crippen molar-refractivity contribution in [3.05, 3.63) is 34.4 Å². The Morgan fingerprint density at radius 1 is 1.47 bits per heavy atom. The molecule has 0 aliphatic rings. The second kappa shape index (κ2) is 4.99. The molecule has 102 valence electrons. The molecule has 2 heterocycles. The Hall–Kier alpha value is -1.31. The third kappa shape index (κ3) is 2.54. The summed E-state index contributed by atoms with van der Waals surface area (Å²) in [5.74, 6) is 0. The van der Waals surface area contributed by atoms with Crippen LogP contribution in [0.1, 0.15) is 5.56 Å². The van der Waals surface area contributed by atoms with Gasteiger partial charge in [0.05, 0.1) is 21.9 Å². The van der Waals surface area contributed by atoms with Gasteiger partial charge in [0, 0.05) is 13.2 Å². The van der Waals surface area contributed by atoms with Crippen LogP contribution in [0.25, 0.3) is 0 Å². The molecule has 0 spiro atoms. The van der Waals surface area contributed by atoms with Gasteiger partial charge in [0.1, 0.15) is 4.21 Å². The normalized spacial score (nSPS) is 11.5. The molecule has 0 aromatic carbocycles. The van der Waals surface area contributed by atoms with E-state index in [4.69, 9.17) is 17.3 Å². The third-order valence-corrected chi connectivity index (χ3v) is 6.39. The van der Waals surface area contributed by atoms with Gasteiger partial charge >= 0.3 is 0 Å². The van der Waals surface area contributed by atoms with E-state index in [-0.39, 0.29) is 4.21 Å². The van der Waals surface area contributed by atoms with Crippen molar-refractivity contribution in [2.24, 2.45) is 0 Å². The van der Waals surface area contributed by atoms with Gasteiger partial charge in [-0.15, -0.1) is 11.3 Å². The van der Waals surface area contributed by atoms with E-state index in [1.807, 2.05) is 0 Å². The second-order valence-electron chi connectivity index (χ2n) is 3.93. The van der Waals surface area contributed by atoms with Crippen molar-refractivity contribution in [2.45, 2.75) is 11.1 Å². The molecule has 5 nitrogen and oxygen atoms in total. The molecule has 2 aromatic rings. The van der Waals surface area contributed by atoms with E-state index >= 15 is 0 Å². The van der Waals surface area contributed by atoms with Crippen LogP contribution in [-0.2, 0) is 10.0 Å². The third-order valence-electron chi connectivity index (χ3n) is 2.62. The van der Waals surface area contributed by atoms with Crippen LogP contribution < -0.4 is 10.0 Å². The quantitative estimate of drug-likeness (QED) is 0.943. The van der Waals surface area contributed by atoms with E-state index in [1.165, 1.54) is 19.4 Å². The minimum atomic E-state index is -3.66. The van der Waals surface area contributed by atoms with Crippen molar-refractivity contribution >= 4 is 44.3 Å². The van der Waals surface area contributed by atoms with Crippen molar-refractivity contribution in [1.82, 2.24) is 4.98 Å². The number of pyridine rings is 1. The van der Waals surface area contributed by atoms with Crippen molar-refractivity contribution in [2.75, 3.05) is 17.1 Å². The molecule has 0 saturated heterocycles. The van der Waals surface area contributed by atoms with Crippen LogP contribution in [0.4, 0.5) is 11.4 Å². The Morgan fingerprint density at radius 3 is 2.68 bits per heavy atom. The molecule has 0 atom stereocenters. The van der Waals surface area contributed by atoms with Crippen LogP contribution in [0.3, 0.4) is 0 Å². The van der Waals surface area contributed by atoms with Crippen molar-refractivity contribution in [3.8, 4) is 0 Å². The molecule has 0 bridgehead atoms. The summed E-state index contributed by atoms with van der Waals surface area (Å²) in [4.78, 5) is 3.84. The smallest absolute Gasteiger partial charge is 0.273 e. The Kier molecular flexibility index (Phi) is 3.71. The zero-order valence-electron chi connectivity index (χ0n) is 10.3. The highest BCUT2D eigenvalue weighted by molar-refractivity contribution is 7.94. The number of sulfonamides is 1. The highest BCUT2D eigenvalue weighted by Gasteiger charge is 2.25. The number of thiophene rings is 1. The van der Waals surface area contributed by atoms with Gasteiger partial charge in [-0.3, -0.25) is 9.29 Å². The van der Waals surface area contributed by atoms with Gasteiger partial charge in [0.25, 0.3) is 10.0 Å². The SMILES string of the molecule is Cc1cc(S(=O)(=O)N(C)c2ccncc2N)sc1Cl. The molecule has 0 aliphatic carbocycles. The van der Waals surface area contributed by atoms with Crippen LogP contribution in [0.5, 0.6) is 0 Å². The maximum atomic E-state index is 12.5. The highest BCUT2D eigenvalue weighted by Crippen LogP contribution is 2.34. The van der Waals surface area contributed by atoms with Gasteiger partial charge < -0.3 is 5.73 Å². The number of halogens is 1. The molecule has 0 radical (unpaired) electrons. The van der Waals surface area contributed by atoms with Gasteiger partial charge in [-0.05, 0) is 24.6 Å². The lowest BCUT2D eigenvalue weighted by atomic mass is 10.3. The molecule has 0 saturated carbocycles. The standard InChI is InChI=1S/C11H12ClN3O2S2/c1-7-5-10(18-11(7)12)19(16,17)15(2)9-3-4-14-6-8(9)13/h3-6H,13H2,1-2H3. The summed E-state index contributed by atoms with van der Waals surface area (Å²) in [6.45, 7) is 1.76. The zero-order chi connectivity index (χ0) is 14.2. The molecule has 2 rings (SSSR count). The number of hydrogen-bond donors (Lipinski definition) is 1. The minimum Gasteiger partial charge on any atom is -0.396 e. The fraction of sp³-hybridized carbons (Fsp3) is 0.182. The fourth-order valence-electron chi connectivity index (χ4n) is 1.51. The molecular formula is C11H12ClN3O2S2. The van der Waals surface area contributed by atoms with E-state index in [0.717, 1.165) is 21.2 Å². The number of nitrogen functional groups attached to an aromatic ring is 1. The maximum absolute atomic E-state index is 12.5. The lowest BCUT2D eigenvalue weighted by molar-refractivity contribution is 0.596. The second-order valence-corrected chi connectivity index (χ2v) is 7.78. The predicted octanol–water partition coefficient (Wildman–Crippen LogP) is 2.51. The van der Waals surface area contributed by atoms with E-state index in [1.54, 1.807) is 19.1 Å². The average molecular weight is 318 g/mol. The largest absolute Gasteiger partial charge is 0.396 e. The summed E-state index contributed by atoms with van der Waals surface area (Å²) < 4.78 is 26.7. The van der Waals surface area contributed by atoms with Crippen molar-refractivity contribution in [3.63, 3.8) is 0 Å². The van der Waals surface area contributed by atoms with E-state index in [0.29, 0.717) is 15.7 Å². The molecule has 2 N–H and O–H groups in total. The van der Waals surface area contributed by atoms with Crippen LogP contribution >= 0.6 is 22.9 Å². The average Bonchev–Trinajstić information content (AvgIpc) is 2.70. The molecule has 0 amide bonds. The van der Waals surface area contributed by atoms with E-state index in [9.17, 15) is 8.42 Å². The minimum absolute atomic E-state index is 0.189. The molecule has 0 unspecified atom stereocenters. The summed E-state index contributed by atoms with van der Waals surface area (Å²) in [5, 5.41) is 0. The van der Waals surface area contributed by atoms with Crippen LogP contribution in [0, 0.1) is 6.92 Å². The first-order valence-electron chi connectivity index (χ1n) is 5.28. The van der Waals surface area contributed by atoms with E-state index in [2.05, 4.69) is 4.98 Å². The number of anilines is 2. The number of hydrogen-bond acceptors (Lipinski definition) is 5. The van der Waals surface area contributed by atoms with Gasteiger partial charge in [-0.2, -0.15) is 0 Å². The topological polar surface area (TPSA) is 76.3 Å². The fourth-order valence-corrected chi connectivity index (χ4v) is 4.61. The maximum Gasteiger partial charge on any atom is 0.273 e.